The lowest BCUT2D eigenvalue weighted by atomic mass is 9.88. The Labute approximate surface area is 95.7 Å². The Balaban J connectivity index is 3.54. The molecule has 0 heterocycles. The second-order valence-electron chi connectivity index (χ2n) is 4.63. The molecule has 0 saturated carbocycles. The Morgan fingerprint density at radius 1 is 1.12 bits per heavy atom. The summed E-state index contributed by atoms with van der Waals surface area (Å²) in [6.07, 6.45) is 0. The molecule has 1 aromatic rings. The minimum atomic E-state index is -0.479. The van der Waals surface area contributed by atoms with Gasteiger partial charge < -0.3 is 5.73 Å². The van der Waals surface area contributed by atoms with Gasteiger partial charge in [0.15, 0.2) is 0 Å². The molecule has 1 aromatic carbocycles. The van der Waals surface area contributed by atoms with Gasteiger partial charge in [-0.3, -0.25) is 4.79 Å². The summed E-state index contributed by atoms with van der Waals surface area (Å²) in [4.78, 5) is 11.5. The third-order valence-corrected chi connectivity index (χ3v) is 2.65. The highest BCUT2D eigenvalue weighted by Gasteiger charge is 2.19. The molecule has 0 bridgehead atoms. The molecule has 0 radical (unpaired) electrons. The van der Waals surface area contributed by atoms with Crippen molar-refractivity contribution in [3.63, 3.8) is 0 Å². The number of benzene rings is 1. The summed E-state index contributed by atoms with van der Waals surface area (Å²) in [5.41, 5.74) is 7.24. The largest absolute Gasteiger partial charge is 0.366 e. The van der Waals surface area contributed by atoms with E-state index in [9.17, 15) is 9.18 Å². The Morgan fingerprint density at radius 3 is 1.75 bits per heavy atom. The molecule has 0 unspecified atom stereocenters. The van der Waals surface area contributed by atoms with Crippen LogP contribution in [0.5, 0.6) is 0 Å². The van der Waals surface area contributed by atoms with Crippen LogP contribution in [-0.4, -0.2) is 5.91 Å². The highest BCUT2D eigenvalue weighted by molar-refractivity contribution is 5.96. The molecule has 0 fully saturated rings. The third kappa shape index (κ3) is 2.40. The summed E-state index contributed by atoms with van der Waals surface area (Å²) in [6, 6.07) is 2.80. The van der Waals surface area contributed by atoms with Crippen molar-refractivity contribution in [2.45, 2.75) is 39.5 Å². The fourth-order valence-electron chi connectivity index (χ4n) is 1.84. The summed E-state index contributed by atoms with van der Waals surface area (Å²) in [7, 11) is 0. The Morgan fingerprint density at radius 2 is 1.50 bits per heavy atom. The lowest BCUT2D eigenvalue weighted by Gasteiger charge is -2.17. The highest BCUT2D eigenvalue weighted by atomic mass is 19.1. The lowest BCUT2D eigenvalue weighted by molar-refractivity contribution is 0.0997. The molecule has 0 aliphatic rings. The number of carbonyl (C=O) groups is 1. The summed E-state index contributed by atoms with van der Waals surface area (Å²) >= 11 is 0. The summed E-state index contributed by atoms with van der Waals surface area (Å²) < 4.78 is 13.4. The summed E-state index contributed by atoms with van der Waals surface area (Å²) in [6.45, 7) is 7.69. The molecular formula is C13H18FNO. The SMILES string of the molecule is CC(C)c1cc(F)cc(C(C)C)c1C(N)=O. The molecule has 0 aliphatic carbocycles. The van der Waals surface area contributed by atoms with Crippen LogP contribution < -0.4 is 5.73 Å². The van der Waals surface area contributed by atoms with E-state index >= 15 is 0 Å². The fourth-order valence-corrected chi connectivity index (χ4v) is 1.84. The number of rotatable bonds is 3. The zero-order chi connectivity index (χ0) is 12.5. The molecular weight excluding hydrogens is 205 g/mol. The number of carbonyl (C=O) groups excluding carboxylic acids is 1. The van der Waals surface area contributed by atoms with Crippen molar-refractivity contribution in [3.05, 3.63) is 34.6 Å². The van der Waals surface area contributed by atoms with Gasteiger partial charge in [-0.25, -0.2) is 4.39 Å². The second kappa shape index (κ2) is 4.64. The van der Waals surface area contributed by atoms with Crippen LogP contribution in [0.3, 0.4) is 0 Å². The van der Waals surface area contributed by atoms with Crippen molar-refractivity contribution in [1.29, 1.82) is 0 Å². The molecule has 2 nitrogen and oxygen atoms in total. The van der Waals surface area contributed by atoms with E-state index in [2.05, 4.69) is 0 Å². The van der Waals surface area contributed by atoms with Crippen LogP contribution in [0.1, 0.15) is 61.0 Å². The summed E-state index contributed by atoms with van der Waals surface area (Å²) in [5, 5.41) is 0. The lowest BCUT2D eigenvalue weighted by Crippen LogP contribution is -2.18. The smallest absolute Gasteiger partial charge is 0.249 e. The topological polar surface area (TPSA) is 43.1 Å². The van der Waals surface area contributed by atoms with Crippen molar-refractivity contribution < 1.29 is 9.18 Å². The Kier molecular flexibility index (Phi) is 3.68. The first kappa shape index (κ1) is 12.7. The average molecular weight is 223 g/mol. The molecule has 0 atom stereocenters. The third-order valence-electron chi connectivity index (χ3n) is 2.65. The number of hydrogen-bond donors (Lipinski definition) is 1. The molecule has 0 aromatic heterocycles. The zero-order valence-electron chi connectivity index (χ0n) is 10.2. The first-order valence-corrected chi connectivity index (χ1v) is 5.47. The zero-order valence-corrected chi connectivity index (χ0v) is 10.2. The van der Waals surface area contributed by atoms with Crippen LogP contribution in [0.15, 0.2) is 12.1 Å². The average Bonchev–Trinajstić information content (AvgIpc) is 2.15. The number of primary amides is 1. The van der Waals surface area contributed by atoms with E-state index in [1.54, 1.807) is 0 Å². The molecule has 2 N–H and O–H groups in total. The Hall–Kier alpha value is -1.38. The van der Waals surface area contributed by atoms with Gasteiger partial charge in [0.2, 0.25) is 5.91 Å². The minimum absolute atomic E-state index is 0.0794. The summed E-state index contributed by atoms with van der Waals surface area (Å²) in [5.74, 6) is -0.629. The standard InChI is InChI=1S/C13H18FNO/c1-7(2)10-5-9(14)6-11(8(3)4)12(10)13(15)16/h5-8H,1-4H3,(H2,15,16). The van der Waals surface area contributed by atoms with Gasteiger partial charge in [0.25, 0.3) is 0 Å². The van der Waals surface area contributed by atoms with Crippen LogP contribution in [-0.2, 0) is 0 Å². The van der Waals surface area contributed by atoms with Crippen molar-refractivity contribution in [1.82, 2.24) is 0 Å². The number of hydrogen-bond acceptors (Lipinski definition) is 1. The van der Waals surface area contributed by atoms with Crippen LogP contribution >= 0.6 is 0 Å². The maximum atomic E-state index is 13.4. The van der Waals surface area contributed by atoms with Gasteiger partial charge in [0.05, 0.1) is 0 Å². The van der Waals surface area contributed by atoms with Crippen molar-refractivity contribution in [2.75, 3.05) is 0 Å². The Bertz CT molecular complexity index is 381. The van der Waals surface area contributed by atoms with E-state index in [0.29, 0.717) is 16.7 Å². The fraction of sp³-hybridized carbons (Fsp3) is 0.462. The van der Waals surface area contributed by atoms with Crippen molar-refractivity contribution in [2.24, 2.45) is 5.73 Å². The first-order valence-electron chi connectivity index (χ1n) is 5.47. The van der Waals surface area contributed by atoms with Crippen molar-refractivity contribution in [3.8, 4) is 0 Å². The maximum Gasteiger partial charge on any atom is 0.249 e. The monoisotopic (exact) mass is 223 g/mol. The van der Waals surface area contributed by atoms with Gasteiger partial charge in [0, 0.05) is 5.56 Å². The van der Waals surface area contributed by atoms with E-state index in [0.717, 1.165) is 0 Å². The van der Waals surface area contributed by atoms with E-state index in [4.69, 9.17) is 5.73 Å². The predicted octanol–water partition coefficient (Wildman–Crippen LogP) is 3.17. The quantitative estimate of drug-likeness (QED) is 0.840. The second-order valence-corrected chi connectivity index (χ2v) is 4.63. The predicted molar refractivity (Wildman–Crippen MR) is 63.1 cm³/mol. The molecule has 0 spiro atoms. The normalized spacial score (nSPS) is 11.2. The van der Waals surface area contributed by atoms with E-state index < -0.39 is 5.91 Å². The van der Waals surface area contributed by atoms with Crippen molar-refractivity contribution >= 4 is 5.91 Å². The molecule has 16 heavy (non-hydrogen) atoms. The van der Waals surface area contributed by atoms with Crippen LogP contribution in [0.2, 0.25) is 0 Å². The first-order chi connectivity index (χ1) is 7.34. The van der Waals surface area contributed by atoms with Crippen LogP contribution in [0.25, 0.3) is 0 Å². The van der Waals surface area contributed by atoms with Crippen LogP contribution in [0.4, 0.5) is 4.39 Å². The highest BCUT2D eigenvalue weighted by Crippen LogP contribution is 2.28. The molecule has 88 valence electrons. The van der Waals surface area contributed by atoms with Gasteiger partial charge in [0.1, 0.15) is 5.82 Å². The molecule has 0 aliphatic heterocycles. The van der Waals surface area contributed by atoms with E-state index in [1.165, 1.54) is 12.1 Å². The van der Waals surface area contributed by atoms with Crippen LogP contribution in [0, 0.1) is 5.82 Å². The number of amides is 1. The number of halogens is 1. The minimum Gasteiger partial charge on any atom is -0.366 e. The molecule has 1 rings (SSSR count). The van der Waals surface area contributed by atoms with Gasteiger partial charge in [-0.2, -0.15) is 0 Å². The molecule has 3 heteroatoms. The molecule has 1 amide bonds. The van der Waals surface area contributed by atoms with Gasteiger partial charge >= 0.3 is 0 Å². The van der Waals surface area contributed by atoms with Gasteiger partial charge in [-0.1, -0.05) is 27.7 Å². The molecule has 0 saturated heterocycles. The van der Waals surface area contributed by atoms with Gasteiger partial charge in [-0.05, 0) is 35.1 Å². The van der Waals surface area contributed by atoms with E-state index in [1.807, 2.05) is 27.7 Å². The van der Waals surface area contributed by atoms with Gasteiger partial charge in [-0.15, -0.1) is 0 Å². The number of nitrogens with two attached hydrogens (primary N) is 1. The maximum absolute atomic E-state index is 13.4. The van der Waals surface area contributed by atoms with E-state index in [-0.39, 0.29) is 17.7 Å².